The van der Waals surface area contributed by atoms with Crippen molar-refractivity contribution in [3.8, 4) is 0 Å². The number of benzene rings is 1. The fourth-order valence-electron chi connectivity index (χ4n) is 1.26. The largest absolute Gasteiger partial charge is 0.370 e. The van der Waals surface area contributed by atoms with E-state index in [1.54, 1.807) is 0 Å². The highest BCUT2D eigenvalue weighted by molar-refractivity contribution is 6.31. The van der Waals surface area contributed by atoms with E-state index in [9.17, 15) is 0 Å². The second-order valence-electron chi connectivity index (χ2n) is 3.61. The first-order chi connectivity index (χ1) is 7.99. The molecule has 0 saturated heterocycles. The van der Waals surface area contributed by atoms with Crippen LogP contribution in [0.2, 0.25) is 5.02 Å². The zero-order chi connectivity index (χ0) is 12.8. The number of hydrogen-bond acceptors (Lipinski definition) is 1. The predicted octanol–water partition coefficient (Wildman–Crippen LogP) is 1.20. The molecule has 0 saturated carbocycles. The molecule has 1 aromatic carbocycles. The van der Waals surface area contributed by atoms with Crippen LogP contribution in [0.25, 0.3) is 0 Å². The van der Waals surface area contributed by atoms with E-state index in [2.05, 4.69) is 9.98 Å². The molecule has 6 N–H and O–H groups in total. The molecule has 100 valence electrons. The molecular weight excluding hydrogens is 273 g/mol. The van der Waals surface area contributed by atoms with Gasteiger partial charge in [0.2, 0.25) is 5.96 Å². The Kier molecular flexibility index (Phi) is 7.16. The van der Waals surface area contributed by atoms with Gasteiger partial charge in [0, 0.05) is 11.6 Å². The van der Waals surface area contributed by atoms with Gasteiger partial charge in [-0.2, -0.15) is 4.99 Å². The molecule has 0 radical (unpaired) electrons. The maximum absolute atomic E-state index is 6.01. The summed E-state index contributed by atoms with van der Waals surface area (Å²) in [5.41, 5.74) is 17.9. The van der Waals surface area contributed by atoms with Crippen molar-refractivity contribution in [2.75, 3.05) is 6.54 Å². The molecule has 0 heterocycles. The minimum Gasteiger partial charge on any atom is -0.370 e. The Hall–Kier alpha value is -1.46. The summed E-state index contributed by atoms with van der Waals surface area (Å²) in [6.07, 6.45) is 0.737. The SMILES string of the molecule is Cc1ccc(CCN=C(N)N=C(N)N)cc1Cl.Cl. The first kappa shape index (κ1) is 16.5. The van der Waals surface area contributed by atoms with Crippen LogP contribution in [0.15, 0.2) is 28.2 Å². The molecule has 0 atom stereocenters. The van der Waals surface area contributed by atoms with Crippen LogP contribution in [0.5, 0.6) is 0 Å². The third-order valence-corrected chi connectivity index (χ3v) is 2.56. The first-order valence-electron chi connectivity index (χ1n) is 5.13. The van der Waals surface area contributed by atoms with Gasteiger partial charge in [-0.15, -0.1) is 12.4 Å². The standard InChI is InChI=1S/C11H16ClN5.ClH/c1-7-2-3-8(6-9(7)12)4-5-16-11(15)17-10(13)14;/h2-3,6H,4-5H2,1H3,(H6,13,14,15,16,17);1H. The van der Waals surface area contributed by atoms with Gasteiger partial charge in [-0.05, 0) is 30.5 Å². The van der Waals surface area contributed by atoms with Gasteiger partial charge >= 0.3 is 0 Å². The third-order valence-electron chi connectivity index (χ3n) is 2.15. The van der Waals surface area contributed by atoms with Crippen molar-refractivity contribution in [3.05, 3.63) is 34.3 Å². The predicted molar refractivity (Wildman–Crippen MR) is 79.4 cm³/mol. The van der Waals surface area contributed by atoms with E-state index in [1.807, 2.05) is 25.1 Å². The lowest BCUT2D eigenvalue weighted by Gasteiger charge is -2.02. The van der Waals surface area contributed by atoms with Crippen LogP contribution < -0.4 is 17.2 Å². The Morgan fingerprint density at radius 3 is 2.50 bits per heavy atom. The summed E-state index contributed by atoms with van der Waals surface area (Å²) < 4.78 is 0. The number of rotatable bonds is 3. The van der Waals surface area contributed by atoms with Crippen LogP contribution in [0.3, 0.4) is 0 Å². The van der Waals surface area contributed by atoms with Crippen LogP contribution in [0.4, 0.5) is 0 Å². The topological polar surface area (TPSA) is 103 Å². The van der Waals surface area contributed by atoms with Crippen molar-refractivity contribution in [1.29, 1.82) is 0 Å². The Morgan fingerprint density at radius 1 is 1.28 bits per heavy atom. The van der Waals surface area contributed by atoms with E-state index < -0.39 is 0 Å². The fourth-order valence-corrected chi connectivity index (χ4v) is 1.46. The van der Waals surface area contributed by atoms with Crippen molar-refractivity contribution in [3.63, 3.8) is 0 Å². The molecule has 1 rings (SSSR count). The van der Waals surface area contributed by atoms with Crippen LogP contribution in [0, 0.1) is 6.92 Å². The minimum atomic E-state index is -0.0929. The van der Waals surface area contributed by atoms with Crippen molar-refractivity contribution in [2.24, 2.45) is 27.2 Å². The molecule has 0 aromatic heterocycles. The maximum atomic E-state index is 6.01. The summed E-state index contributed by atoms with van der Waals surface area (Å²) in [6, 6.07) is 5.90. The van der Waals surface area contributed by atoms with Crippen molar-refractivity contribution >= 4 is 35.9 Å². The molecule has 7 heteroatoms. The number of hydrogen-bond donors (Lipinski definition) is 3. The summed E-state index contributed by atoms with van der Waals surface area (Å²) in [5, 5.41) is 0.753. The average molecular weight is 290 g/mol. The second kappa shape index (κ2) is 7.79. The summed E-state index contributed by atoms with van der Waals surface area (Å²) in [7, 11) is 0. The molecule has 0 amide bonds. The molecule has 1 aromatic rings. The highest BCUT2D eigenvalue weighted by Gasteiger charge is 1.98. The van der Waals surface area contributed by atoms with E-state index >= 15 is 0 Å². The lowest BCUT2D eigenvalue weighted by molar-refractivity contribution is 0.961. The van der Waals surface area contributed by atoms with Gasteiger partial charge in [-0.3, -0.25) is 4.99 Å². The Morgan fingerprint density at radius 2 is 1.94 bits per heavy atom. The highest BCUT2D eigenvalue weighted by atomic mass is 35.5. The van der Waals surface area contributed by atoms with Crippen molar-refractivity contribution in [2.45, 2.75) is 13.3 Å². The van der Waals surface area contributed by atoms with Crippen LogP contribution in [0.1, 0.15) is 11.1 Å². The lowest BCUT2D eigenvalue weighted by Crippen LogP contribution is -2.26. The molecule has 0 unspecified atom stereocenters. The summed E-state index contributed by atoms with van der Waals surface area (Å²) >= 11 is 6.01. The summed E-state index contributed by atoms with van der Waals surface area (Å²) in [4.78, 5) is 7.63. The van der Waals surface area contributed by atoms with Gasteiger partial charge in [0.1, 0.15) is 0 Å². The number of guanidine groups is 2. The number of nitrogens with two attached hydrogens (primary N) is 3. The number of nitrogens with zero attached hydrogens (tertiary/aromatic N) is 2. The van der Waals surface area contributed by atoms with Gasteiger partial charge in [-0.1, -0.05) is 23.7 Å². The second-order valence-corrected chi connectivity index (χ2v) is 4.02. The Labute approximate surface area is 118 Å². The number of halogens is 2. The molecule has 0 aliphatic rings. The molecule has 5 nitrogen and oxygen atoms in total. The zero-order valence-electron chi connectivity index (χ0n) is 10.1. The quantitative estimate of drug-likeness (QED) is 0.575. The molecular formula is C11H17Cl2N5. The van der Waals surface area contributed by atoms with Gasteiger partial charge in [0.15, 0.2) is 5.96 Å². The highest BCUT2D eigenvalue weighted by Crippen LogP contribution is 2.16. The van der Waals surface area contributed by atoms with E-state index in [4.69, 9.17) is 28.8 Å². The zero-order valence-corrected chi connectivity index (χ0v) is 11.6. The van der Waals surface area contributed by atoms with Crippen LogP contribution in [-0.4, -0.2) is 18.5 Å². The maximum Gasteiger partial charge on any atom is 0.218 e. The van der Waals surface area contributed by atoms with E-state index in [0.717, 1.165) is 22.6 Å². The Balaban J connectivity index is 0.00000289. The van der Waals surface area contributed by atoms with Crippen LogP contribution >= 0.6 is 24.0 Å². The van der Waals surface area contributed by atoms with Gasteiger partial charge in [-0.25, -0.2) is 0 Å². The monoisotopic (exact) mass is 289 g/mol. The molecule has 0 bridgehead atoms. The molecule has 0 fully saturated rings. The molecule has 0 aliphatic carbocycles. The van der Waals surface area contributed by atoms with E-state index in [0.29, 0.717) is 6.54 Å². The first-order valence-corrected chi connectivity index (χ1v) is 5.51. The van der Waals surface area contributed by atoms with Gasteiger partial charge in [0.25, 0.3) is 0 Å². The van der Waals surface area contributed by atoms with Crippen molar-refractivity contribution in [1.82, 2.24) is 0 Å². The molecule has 0 aliphatic heterocycles. The smallest absolute Gasteiger partial charge is 0.218 e. The molecule has 0 spiro atoms. The number of aliphatic imine (C=N–C) groups is 2. The third kappa shape index (κ3) is 5.75. The van der Waals surface area contributed by atoms with E-state index in [1.165, 1.54) is 0 Å². The number of aryl methyl sites for hydroxylation is 1. The van der Waals surface area contributed by atoms with Crippen molar-refractivity contribution < 1.29 is 0 Å². The lowest BCUT2D eigenvalue weighted by atomic mass is 10.1. The molecule has 18 heavy (non-hydrogen) atoms. The minimum absolute atomic E-state index is 0. The average Bonchev–Trinajstić information content (AvgIpc) is 2.22. The van der Waals surface area contributed by atoms with Gasteiger partial charge < -0.3 is 17.2 Å². The van der Waals surface area contributed by atoms with E-state index in [-0.39, 0.29) is 24.3 Å². The van der Waals surface area contributed by atoms with Crippen LogP contribution in [-0.2, 0) is 6.42 Å². The van der Waals surface area contributed by atoms with Gasteiger partial charge in [0.05, 0.1) is 0 Å². The summed E-state index contributed by atoms with van der Waals surface area (Å²) in [6.45, 7) is 2.48. The fraction of sp³-hybridized carbons (Fsp3) is 0.273. The normalized spacial score (nSPS) is 10.7. The Bertz CT molecular complexity index is 453. The summed E-state index contributed by atoms with van der Waals surface area (Å²) in [5.74, 6) is -0.00663.